The Morgan fingerprint density at radius 3 is 1.85 bits per heavy atom. The third-order valence-electron chi connectivity index (χ3n) is 4.63. The maximum Gasteiger partial charge on any atom is 0.410 e. The maximum atomic E-state index is 13.0. The highest BCUT2D eigenvalue weighted by Crippen LogP contribution is 2.48. The lowest BCUT2D eigenvalue weighted by Crippen LogP contribution is -2.44. The average molecular weight is 598 g/mol. The number of anilines is 2. The molecule has 0 unspecified atom stereocenters. The van der Waals surface area contributed by atoms with Crippen LogP contribution in [0.3, 0.4) is 0 Å². The maximum absolute atomic E-state index is 13.0. The van der Waals surface area contributed by atoms with Crippen LogP contribution in [0, 0.1) is 0 Å². The fraction of sp³-hybridized carbons (Fsp3) is 0.440. The van der Waals surface area contributed by atoms with Gasteiger partial charge in [0.05, 0.1) is 11.4 Å². The largest absolute Gasteiger partial charge is 0.459 e. The van der Waals surface area contributed by atoms with Gasteiger partial charge in [0.15, 0.2) is 11.5 Å². The monoisotopic (exact) mass is 596 g/mol. The minimum absolute atomic E-state index is 0.211. The summed E-state index contributed by atoms with van der Waals surface area (Å²) in [6, 6.07) is 11.6. The molecule has 7 nitrogen and oxygen atoms in total. The van der Waals surface area contributed by atoms with E-state index in [1.54, 1.807) is 41.5 Å². The van der Waals surface area contributed by atoms with Crippen molar-refractivity contribution in [2.24, 2.45) is 0 Å². The lowest BCUT2D eigenvalue weighted by atomic mass is 10.1. The number of hydrogen-bond acceptors (Lipinski definition) is 6. The van der Waals surface area contributed by atoms with Crippen LogP contribution >= 0.6 is 31.9 Å². The van der Waals surface area contributed by atoms with Crippen LogP contribution in [0.25, 0.3) is 0 Å². The highest BCUT2D eigenvalue weighted by Gasteiger charge is 2.29. The second kappa shape index (κ2) is 10.2. The van der Waals surface area contributed by atoms with E-state index in [2.05, 4.69) is 36.8 Å². The number of benzene rings is 2. The lowest BCUT2D eigenvalue weighted by Gasteiger charge is -2.35. The summed E-state index contributed by atoms with van der Waals surface area (Å²) in [7, 11) is 0. The number of carbonyl (C=O) groups excluding carboxylic acids is 2. The predicted molar refractivity (Wildman–Crippen MR) is 139 cm³/mol. The minimum atomic E-state index is -0.694. The summed E-state index contributed by atoms with van der Waals surface area (Å²) in [6.45, 7) is 11.2. The molecule has 0 radical (unpaired) electrons. The van der Waals surface area contributed by atoms with E-state index in [4.69, 9.17) is 14.2 Å². The van der Waals surface area contributed by atoms with Gasteiger partial charge in [-0.15, -0.1) is 0 Å². The van der Waals surface area contributed by atoms with Crippen molar-refractivity contribution in [1.29, 1.82) is 0 Å². The van der Waals surface area contributed by atoms with Crippen molar-refractivity contribution in [1.82, 2.24) is 4.90 Å². The number of hydrogen-bond donors (Lipinski definition) is 0. The predicted octanol–water partition coefficient (Wildman–Crippen LogP) is 7.03. The summed E-state index contributed by atoms with van der Waals surface area (Å²) in [6.07, 6.45) is -0.571. The smallest absolute Gasteiger partial charge is 0.410 e. The first-order valence-electron chi connectivity index (χ1n) is 11.0. The van der Waals surface area contributed by atoms with Crippen LogP contribution in [0.2, 0.25) is 0 Å². The zero-order valence-corrected chi connectivity index (χ0v) is 23.4. The molecular weight excluding hydrogens is 568 g/mol. The second-order valence-corrected chi connectivity index (χ2v) is 11.8. The van der Waals surface area contributed by atoms with Crippen molar-refractivity contribution in [2.75, 3.05) is 24.5 Å². The van der Waals surface area contributed by atoms with E-state index >= 15 is 0 Å². The number of ether oxygens (including phenoxy) is 3. The highest BCUT2D eigenvalue weighted by atomic mass is 79.9. The van der Waals surface area contributed by atoms with Gasteiger partial charge in [-0.25, -0.2) is 4.79 Å². The number of amides is 1. The Labute approximate surface area is 217 Å². The van der Waals surface area contributed by atoms with E-state index < -0.39 is 23.3 Å². The Kier molecular flexibility index (Phi) is 7.87. The summed E-state index contributed by atoms with van der Waals surface area (Å²) >= 11 is 6.99. The first kappa shape index (κ1) is 26.3. The fourth-order valence-electron chi connectivity index (χ4n) is 3.39. The van der Waals surface area contributed by atoms with E-state index in [1.165, 1.54) is 4.90 Å². The Morgan fingerprint density at radius 1 is 0.882 bits per heavy atom. The number of fused-ring (bicyclic) bond motifs is 2. The molecule has 2 aromatic rings. The number of halogens is 2. The third kappa shape index (κ3) is 7.12. The zero-order chi connectivity index (χ0) is 25.3. The molecule has 3 rings (SSSR count). The number of nitrogens with zero attached hydrogens (tertiary/aromatic N) is 2. The SMILES string of the molecule is CC(C)(C)OC(=O)CN(CCN1c2ccc(Br)cc2Oc2cc(Br)ccc21)C(=O)OC(C)(C)C. The standard InChI is InChI=1S/C25H30Br2N2O5/c1-24(2,3)33-22(30)15-28(23(31)34-25(4,5)6)11-12-29-18-9-7-16(26)13-20(18)32-21-14-17(27)8-10-19(21)29/h7-10,13-14H,11-12,15H2,1-6H3. The summed E-state index contributed by atoms with van der Waals surface area (Å²) in [5, 5.41) is 0. The Morgan fingerprint density at radius 2 is 1.38 bits per heavy atom. The molecule has 9 heteroatoms. The van der Waals surface area contributed by atoms with Crippen LogP contribution in [0.5, 0.6) is 11.5 Å². The van der Waals surface area contributed by atoms with Crippen molar-refractivity contribution in [3.05, 3.63) is 45.3 Å². The van der Waals surface area contributed by atoms with Crippen molar-refractivity contribution in [3.8, 4) is 11.5 Å². The molecule has 2 aromatic carbocycles. The molecule has 34 heavy (non-hydrogen) atoms. The van der Waals surface area contributed by atoms with Crippen molar-refractivity contribution < 1.29 is 23.8 Å². The molecule has 1 amide bonds. The zero-order valence-electron chi connectivity index (χ0n) is 20.3. The number of carbonyl (C=O) groups is 2. The van der Waals surface area contributed by atoms with Crippen LogP contribution in [0.15, 0.2) is 45.3 Å². The molecule has 0 saturated carbocycles. The van der Waals surface area contributed by atoms with Gasteiger partial charge in [-0.3, -0.25) is 9.69 Å². The van der Waals surface area contributed by atoms with Crippen LogP contribution < -0.4 is 9.64 Å². The Hall–Kier alpha value is -2.26. The molecule has 0 spiro atoms. The van der Waals surface area contributed by atoms with Crippen LogP contribution in [-0.4, -0.2) is 47.8 Å². The summed E-state index contributed by atoms with van der Waals surface area (Å²) < 4.78 is 18.9. The molecule has 0 bridgehead atoms. The minimum Gasteiger partial charge on any atom is -0.459 e. The summed E-state index contributed by atoms with van der Waals surface area (Å²) in [5.74, 6) is 0.890. The normalized spacial score (nSPS) is 12.9. The van der Waals surface area contributed by atoms with Crippen molar-refractivity contribution in [3.63, 3.8) is 0 Å². The second-order valence-electron chi connectivity index (χ2n) is 9.97. The molecule has 0 saturated heterocycles. The third-order valence-corrected chi connectivity index (χ3v) is 5.62. The van der Waals surface area contributed by atoms with Crippen LogP contribution in [0.1, 0.15) is 41.5 Å². The average Bonchev–Trinajstić information content (AvgIpc) is 2.66. The van der Waals surface area contributed by atoms with Crippen LogP contribution in [0.4, 0.5) is 16.2 Å². The molecule has 1 aliphatic rings. The van der Waals surface area contributed by atoms with E-state index in [-0.39, 0.29) is 13.1 Å². The van der Waals surface area contributed by atoms with Gasteiger partial charge < -0.3 is 19.1 Å². The first-order valence-corrected chi connectivity index (χ1v) is 12.5. The van der Waals surface area contributed by atoms with Crippen molar-refractivity contribution >= 4 is 55.3 Å². The lowest BCUT2D eigenvalue weighted by molar-refractivity contribution is -0.156. The quantitative estimate of drug-likeness (QED) is 0.345. The molecule has 184 valence electrons. The highest BCUT2D eigenvalue weighted by molar-refractivity contribution is 9.10. The van der Waals surface area contributed by atoms with Crippen LogP contribution in [-0.2, 0) is 14.3 Å². The molecule has 1 heterocycles. The Bertz CT molecular complexity index is 1020. The van der Waals surface area contributed by atoms with Gasteiger partial charge in [-0.05, 0) is 77.9 Å². The van der Waals surface area contributed by atoms with Gasteiger partial charge in [0.1, 0.15) is 17.7 Å². The van der Waals surface area contributed by atoms with Crippen molar-refractivity contribution in [2.45, 2.75) is 52.7 Å². The van der Waals surface area contributed by atoms with Gasteiger partial charge in [-0.1, -0.05) is 31.9 Å². The van der Waals surface area contributed by atoms with E-state index in [0.29, 0.717) is 18.0 Å². The van der Waals surface area contributed by atoms with E-state index in [0.717, 1.165) is 20.3 Å². The molecular formula is C25H30Br2N2O5. The van der Waals surface area contributed by atoms with E-state index in [9.17, 15) is 9.59 Å². The summed E-state index contributed by atoms with van der Waals surface area (Å²) in [4.78, 5) is 28.9. The Balaban J connectivity index is 1.87. The van der Waals surface area contributed by atoms with Gasteiger partial charge >= 0.3 is 12.1 Å². The van der Waals surface area contributed by atoms with Gasteiger partial charge in [-0.2, -0.15) is 0 Å². The van der Waals surface area contributed by atoms with E-state index in [1.807, 2.05) is 36.4 Å². The molecule has 1 aliphatic heterocycles. The molecule has 0 fully saturated rings. The number of rotatable bonds is 5. The van der Waals surface area contributed by atoms with Gasteiger partial charge in [0.25, 0.3) is 0 Å². The molecule has 0 N–H and O–H groups in total. The molecule has 0 aromatic heterocycles. The molecule has 0 aliphatic carbocycles. The van der Waals surface area contributed by atoms with Gasteiger partial charge in [0.2, 0.25) is 0 Å². The topological polar surface area (TPSA) is 68.3 Å². The summed E-state index contributed by atoms with van der Waals surface area (Å²) in [5.41, 5.74) is 0.373. The fourth-order valence-corrected chi connectivity index (χ4v) is 4.07. The first-order chi connectivity index (χ1) is 15.7. The molecule has 0 atom stereocenters. The number of esters is 1. The van der Waals surface area contributed by atoms with Gasteiger partial charge in [0, 0.05) is 22.0 Å².